The predicted molar refractivity (Wildman–Crippen MR) is 74.5 cm³/mol. The highest BCUT2D eigenvalue weighted by atomic mass is 32.1. The van der Waals surface area contributed by atoms with Crippen LogP contribution in [0.1, 0.15) is 73.9 Å². The molecular weight excluding hydrogens is 228 g/mol. The first-order valence-corrected chi connectivity index (χ1v) is 7.63. The lowest BCUT2D eigenvalue weighted by atomic mass is 9.83. The van der Waals surface area contributed by atoms with E-state index < -0.39 is 0 Å². The normalized spacial score (nSPS) is 25.5. The minimum atomic E-state index is 0.501. The van der Waals surface area contributed by atoms with Crippen LogP contribution in [-0.4, -0.2) is 4.98 Å². The molecule has 1 aliphatic carbocycles. The van der Waals surface area contributed by atoms with Crippen LogP contribution >= 0.6 is 11.3 Å². The van der Waals surface area contributed by atoms with Crippen molar-refractivity contribution in [1.82, 2.24) is 4.98 Å². The summed E-state index contributed by atoms with van der Waals surface area (Å²) < 4.78 is 0. The molecule has 0 bridgehead atoms. The van der Waals surface area contributed by atoms with Crippen molar-refractivity contribution in [3.05, 3.63) is 15.6 Å². The Kier molecular flexibility index (Phi) is 4.21. The number of thiazole rings is 1. The Morgan fingerprint density at radius 1 is 1.29 bits per heavy atom. The average Bonchev–Trinajstić information content (AvgIpc) is 2.74. The SMILES string of the molecule is CC1CCC(c2nc(C(C)C)c(CN)s2)CC1. The van der Waals surface area contributed by atoms with Gasteiger partial charge in [0.1, 0.15) is 0 Å². The zero-order chi connectivity index (χ0) is 12.4. The summed E-state index contributed by atoms with van der Waals surface area (Å²) in [6, 6.07) is 0. The lowest BCUT2D eigenvalue weighted by Crippen LogP contribution is -2.10. The van der Waals surface area contributed by atoms with Crippen LogP contribution in [-0.2, 0) is 6.54 Å². The lowest BCUT2D eigenvalue weighted by Gasteiger charge is -2.24. The summed E-state index contributed by atoms with van der Waals surface area (Å²) in [5.41, 5.74) is 7.07. The van der Waals surface area contributed by atoms with Crippen LogP contribution in [0.25, 0.3) is 0 Å². The Labute approximate surface area is 109 Å². The first-order valence-electron chi connectivity index (χ1n) is 6.81. The van der Waals surface area contributed by atoms with E-state index >= 15 is 0 Å². The highest BCUT2D eigenvalue weighted by Crippen LogP contribution is 2.39. The molecule has 1 aromatic heterocycles. The molecule has 0 unspecified atom stereocenters. The number of aromatic nitrogens is 1. The van der Waals surface area contributed by atoms with Crippen LogP contribution in [0, 0.1) is 5.92 Å². The minimum absolute atomic E-state index is 0.501. The molecular formula is C14H24N2S. The number of hydrogen-bond donors (Lipinski definition) is 1. The summed E-state index contributed by atoms with van der Waals surface area (Å²) in [6.45, 7) is 7.43. The van der Waals surface area contributed by atoms with Gasteiger partial charge in [-0.1, -0.05) is 33.6 Å². The van der Waals surface area contributed by atoms with Gasteiger partial charge in [-0.2, -0.15) is 0 Å². The topological polar surface area (TPSA) is 38.9 Å². The molecule has 2 N–H and O–H groups in total. The molecule has 1 aliphatic rings. The van der Waals surface area contributed by atoms with Crippen molar-refractivity contribution in [2.75, 3.05) is 0 Å². The monoisotopic (exact) mass is 252 g/mol. The van der Waals surface area contributed by atoms with E-state index in [1.807, 2.05) is 11.3 Å². The van der Waals surface area contributed by atoms with Crippen molar-refractivity contribution in [2.45, 2.75) is 64.8 Å². The molecule has 2 rings (SSSR count). The van der Waals surface area contributed by atoms with Gasteiger partial charge in [0.2, 0.25) is 0 Å². The number of nitrogens with two attached hydrogens (primary N) is 1. The highest BCUT2D eigenvalue weighted by Gasteiger charge is 2.24. The van der Waals surface area contributed by atoms with Gasteiger partial charge in [0.05, 0.1) is 10.7 Å². The molecule has 0 radical (unpaired) electrons. The molecule has 3 heteroatoms. The van der Waals surface area contributed by atoms with E-state index in [1.165, 1.54) is 41.3 Å². The summed E-state index contributed by atoms with van der Waals surface area (Å²) in [6.07, 6.45) is 5.35. The molecule has 1 aromatic rings. The second-order valence-corrected chi connectivity index (χ2v) is 6.79. The molecule has 1 heterocycles. The largest absolute Gasteiger partial charge is 0.326 e. The average molecular weight is 252 g/mol. The van der Waals surface area contributed by atoms with Crippen LogP contribution in [0.3, 0.4) is 0 Å². The van der Waals surface area contributed by atoms with E-state index in [1.54, 1.807) is 0 Å². The fourth-order valence-electron chi connectivity index (χ4n) is 2.66. The van der Waals surface area contributed by atoms with Crippen LogP contribution < -0.4 is 5.73 Å². The summed E-state index contributed by atoms with van der Waals surface area (Å²) in [7, 11) is 0. The van der Waals surface area contributed by atoms with Crippen molar-refractivity contribution >= 4 is 11.3 Å². The van der Waals surface area contributed by atoms with Gasteiger partial charge in [0, 0.05) is 17.3 Å². The molecule has 0 aliphatic heterocycles. The molecule has 0 spiro atoms. The van der Waals surface area contributed by atoms with Crippen LogP contribution in [0.15, 0.2) is 0 Å². The number of nitrogens with zero attached hydrogens (tertiary/aromatic N) is 1. The first-order chi connectivity index (χ1) is 8.11. The Morgan fingerprint density at radius 2 is 1.94 bits per heavy atom. The molecule has 0 aromatic carbocycles. The predicted octanol–water partition coefficient (Wildman–Crippen LogP) is 4.02. The highest BCUT2D eigenvalue weighted by molar-refractivity contribution is 7.11. The molecule has 0 saturated heterocycles. The van der Waals surface area contributed by atoms with Gasteiger partial charge >= 0.3 is 0 Å². The zero-order valence-corrected chi connectivity index (χ0v) is 12.0. The van der Waals surface area contributed by atoms with Gasteiger partial charge in [0.15, 0.2) is 0 Å². The van der Waals surface area contributed by atoms with Crippen LogP contribution in [0.5, 0.6) is 0 Å². The number of hydrogen-bond acceptors (Lipinski definition) is 3. The maximum atomic E-state index is 5.82. The molecule has 1 fully saturated rings. The lowest BCUT2D eigenvalue weighted by molar-refractivity contribution is 0.347. The Morgan fingerprint density at radius 3 is 2.41 bits per heavy atom. The Bertz CT molecular complexity index is 362. The maximum absolute atomic E-state index is 5.82. The summed E-state index contributed by atoms with van der Waals surface area (Å²) in [5, 5.41) is 1.35. The smallest absolute Gasteiger partial charge is 0.0962 e. The molecule has 96 valence electrons. The van der Waals surface area contributed by atoms with Gasteiger partial charge in [-0.05, 0) is 24.7 Å². The zero-order valence-electron chi connectivity index (χ0n) is 11.2. The number of rotatable bonds is 3. The van der Waals surface area contributed by atoms with E-state index in [0.717, 1.165) is 5.92 Å². The molecule has 2 nitrogen and oxygen atoms in total. The second-order valence-electron chi connectivity index (χ2n) is 5.68. The van der Waals surface area contributed by atoms with E-state index in [9.17, 15) is 0 Å². The van der Waals surface area contributed by atoms with E-state index in [4.69, 9.17) is 10.7 Å². The quantitative estimate of drug-likeness (QED) is 0.882. The molecule has 0 atom stereocenters. The minimum Gasteiger partial charge on any atom is -0.326 e. The second kappa shape index (κ2) is 5.49. The van der Waals surface area contributed by atoms with E-state index in [2.05, 4.69) is 20.8 Å². The summed E-state index contributed by atoms with van der Waals surface area (Å²) >= 11 is 1.86. The first kappa shape index (κ1) is 13.0. The summed E-state index contributed by atoms with van der Waals surface area (Å²) in [4.78, 5) is 6.17. The third-order valence-corrected chi connectivity index (χ3v) is 5.10. The van der Waals surface area contributed by atoms with Gasteiger partial charge in [-0.25, -0.2) is 4.98 Å². The Hall–Kier alpha value is -0.410. The van der Waals surface area contributed by atoms with Crippen LogP contribution in [0.2, 0.25) is 0 Å². The third-order valence-electron chi connectivity index (χ3n) is 3.84. The van der Waals surface area contributed by atoms with Gasteiger partial charge in [-0.15, -0.1) is 11.3 Å². The maximum Gasteiger partial charge on any atom is 0.0962 e. The van der Waals surface area contributed by atoms with Crippen molar-refractivity contribution in [3.63, 3.8) is 0 Å². The van der Waals surface area contributed by atoms with Crippen molar-refractivity contribution < 1.29 is 0 Å². The molecule has 1 saturated carbocycles. The standard InChI is InChI=1S/C14H24N2S/c1-9(2)13-12(8-15)17-14(16-13)11-6-4-10(3)5-7-11/h9-11H,4-8,15H2,1-3H3. The third kappa shape index (κ3) is 2.89. The molecule has 17 heavy (non-hydrogen) atoms. The fraction of sp³-hybridized carbons (Fsp3) is 0.786. The van der Waals surface area contributed by atoms with Crippen molar-refractivity contribution in [1.29, 1.82) is 0 Å². The Balaban J connectivity index is 2.16. The van der Waals surface area contributed by atoms with E-state index in [-0.39, 0.29) is 0 Å². The van der Waals surface area contributed by atoms with Gasteiger partial charge in [-0.3, -0.25) is 0 Å². The van der Waals surface area contributed by atoms with Crippen LogP contribution in [0.4, 0.5) is 0 Å². The van der Waals surface area contributed by atoms with Crippen molar-refractivity contribution in [3.8, 4) is 0 Å². The van der Waals surface area contributed by atoms with Gasteiger partial charge in [0.25, 0.3) is 0 Å². The molecule has 0 amide bonds. The summed E-state index contributed by atoms with van der Waals surface area (Å²) in [5.74, 6) is 2.11. The van der Waals surface area contributed by atoms with Crippen molar-refractivity contribution in [2.24, 2.45) is 11.7 Å². The van der Waals surface area contributed by atoms with E-state index in [0.29, 0.717) is 18.4 Å². The fourth-order valence-corrected chi connectivity index (χ4v) is 3.93. The van der Waals surface area contributed by atoms with Gasteiger partial charge < -0.3 is 5.73 Å².